The average Bonchev–Trinajstić information content (AvgIpc) is 2.70. The zero-order valence-electron chi connectivity index (χ0n) is 17.9. The van der Waals surface area contributed by atoms with E-state index in [4.69, 9.17) is 9.84 Å². The third-order valence-corrected chi connectivity index (χ3v) is 4.95. The van der Waals surface area contributed by atoms with E-state index in [2.05, 4.69) is 15.3 Å². The van der Waals surface area contributed by atoms with E-state index in [1.54, 1.807) is 31.5 Å². The number of rotatable bonds is 7. The van der Waals surface area contributed by atoms with E-state index >= 15 is 0 Å². The van der Waals surface area contributed by atoms with Crippen molar-refractivity contribution in [2.75, 3.05) is 6.61 Å². The molecule has 0 radical (unpaired) electrons. The molecule has 0 aliphatic heterocycles. The van der Waals surface area contributed by atoms with E-state index in [0.29, 0.717) is 28.5 Å². The Bertz CT molecular complexity index is 1110. The molecule has 9 heteroatoms. The average molecular weight is 447 g/mol. The van der Waals surface area contributed by atoms with Gasteiger partial charge in [0.2, 0.25) is 0 Å². The van der Waals surface area contributed by atoms with Gasteiger partial charge in [0.15, 0.2) is 0 Å². The fourth-order valence-corrected chi connectivity index (χ4v) is 3.83. The van der Waals surface area contributed by atoms with Crippen LogP contribution in [0.15, 0.2) is 48.9 Å². The van der Waals surface area contributed by atoms with Gasteiger partial charge in [-0.15, -0.1) is 0 Å². The third kappa shape index (κ3) is 5.46. The predicted octanol–water partition coefficient (Wildman–Crippen LogP) is 5.77. The second-order valence-corrected chi connectivity index (χ2v) is 8.34. The summed E-state index contributed by atoms with van der Waals surface area (Å²) in [6.45, 7) is 5.15. The maximum Gasteiger partial charge on any atom is 0.419 e. The highest BCUT2D eigenvalue weighted by Gasteiger charge is 2.36. The smallest absolute Gasteiger partial charge is 0.419 e. The summed E-state index contributed by atoms with van der Waals surface area (Å²) in [5.41, 5.74) is -0.452. The van der Waals surface area contributed by atoms with Crippen LogP contribution in [0.3, 0.4) is 0 Å². The molecule has 2 aromatic heterocycles. The summed E-state index contributed by atoms with van der Waals surface area (Å²) in [4.78, 5) is 19.5. The lowest BCUT2D eigenvalue weighted by Crippen LogP contribution is -2.50. The predicted molar refractivity (Wildman–Crippen MR) is 114 cm³/mol. The van der Waals surface area contributed by atoms with Gasteiger partial charge in [-0.25, -0.2) is 4.79 Å². The van der Waals surface area contributed by atoms with Gasteiger partial charge in [-0.1, -0.05) is 19.9 Å². The topological polar surface area (TPSA) is 84.3 Å². The molecule has 0 bridgehead atoms. The molecular weight excluding hydrogens is 423 g/mol. The molecule has 3 aromatic rings. The number of fused-ring (bicyclic) bond motifs is 1. The number of halogens is 3. The van der Waals surface area contributed by atoms with Crippen molar-refractivity contribution < 1.29 is 27.8 Å². The van der Waals surface area contributed by atoms with Crippen LogP contribution in [0, 0.1) is 5.92 Å². The number of nitrogens with zero attached hydrogens (tertiary/aromatic N) is 2. The summed E-state index contributed by atoms with van der Waals surface area (Å²) in [6.07, 6.45) is -0.873. The third-order valence-electron chi connectivity index (χ3n) is 4.95. The van der Waals surface area contributed by atoms with E-state index in [9.17, 15) is 18.0 Å². The van der Waals surface area contributed by atoms with Gasteiger partial charge in [0.1, 0.15) is 12.4 Å². The molecule has 32 heavy (non-hydrogen) atoms. The van der Waals surface area contributed by atoms with Gasteiger partial charge in [-0.3, -0.25) is 9.97 Å². The second-order valence-electron chi connectivity index (χ2n) is 8.34. The van der Waals surface area contributed by atoms with Crippen LogP contribution in [0.5, 0.6) is 5.75 Å². The van der Waals surface area contributed by atoms with E-state index < -0.39 is 23.4 Å². The number of pyridine rings is 2. The summed E-state index contributed by atoms with van der Waals surface area (Å²) in [5, 5.41) is 12.1. The number of hydrogen-bond donors (Lipinski definition) is 2. The van der Waals surface area contributed by atoms with Crippen molar-refractivity contribution in [3.05, 3.63) is 54.5 Å². The minimum absolute atomic E-state index is 0.105. The maximum absolute atomic E-state index is 13.9. The van der Waals surface area contributed by atoms with Crippen LogP contribution in [0.2, 0.25) is 0 Å². The van der Waals surface area contributed by atoms with Gasteiger partial charge >= 0.3 is 12.3 Å². The molecule has 0 saturated carbocycles. The maximum atomic E-state index is 13.9. The number of nitrogens with one attached hydrogen (secondary N) is 1. The largest absolute Gasteiger partial charge is 0.491 e. The molecule has 0 spiro atoms. The lowest BCUT2D eigenvalue weighted by molar-refractivity contribution is -0.139. The van der Waals surface area contributed by atoms with Crippen molar-refractivity contribution >= 4 is 17.0 Å². The van der Waals surface area contributed by atoms with Crippen LogP contribution in [-0.2, 0) is 6.18 Å². The normalized spacial score (nSPS) is 13.7. The molecule has 3 rings (SSSR count). The zero-order valence-corrected chi connectivity index (χ0v) is 17.9. The zero-order chi connectivity index (χ0) is 23.5. The fourth-order valence-electron chi connectivity index (χ4n) is 3.83. The number of alkyl halides is 3. The molecule has 0 aliphatic carbocycles. The SMILES string of the molecule is CC(C)CC(C)(COc1ccc(-c2ccnc3ccncc23)cc1C(F)(F)F)NC(=O)O. The molecule has 1 amide bonds. The minimum atomic E-state index is -4.67. The number of ether oxygens (including phenoxy) is 1. The highest BCUT2D eigenvalue weighted by atomic mass is 19.4. The molecule has 1 atom stereocenters. The summed E-state index contributed by atoms with van der Waals surface area (Å²) < 4.78 is 47.2. The Morgan fingerprint density at radius 3 is 2.59 bits per heavy atom. The van der Waals surface area contributed by atoms with Crippen molar-refractivity contribution in [2.45, 2.75) is 38.9 Å². The molecular formula is C23H24F3N3O3. The van der Waals surface area contributed by atoms with Crippen LogP contribution in [0.1, 0.15) is 32.8 Å². The first-order chi connectivity index (χ1) is 15.0. The number of carboxylic acid groups (broad SMARTS) is 1. The van der Waals surface area contributed by atoms with Crippen molar-refractivity contribution in [1.82, 2.24) is 15.3 Å². The summed E-state index contributed by atoms with van der Waals surface area (Å²) >= 11 is 0. The molecule has 2 heterocycles. The van der Waals surface area contributed by atoms with Crippen LogP contribution >= 0.6 is 0 Å². The molecule has 0 saturated heterocycles. The first-order valence-electron chi connectivity index (χ1n) is 10.0. The molecule has 170 valence electrons. The molecule has 2 N–H and O–H groups in total. The van der Waals surface area contributed by atoms with E-state index in [1.165, 1.54) is 18.3 Å². The summed E-state index contributed by atoms with van der Waals surface area (Å²) in [5.74, 6) is -0.256. The number of amides is 1. The Morgan fingerprint density at radius 2 is 1.94 bits per heavy atom. The highest BCUT2D eigenvalue weighted by molar-refractivity contribution is 5.93. The van der Waals surface area contributed by atoms with E-state index in [0.717, 1.165) is 6.07 Å². The molecule has 1 unspecified atom stereocenters. The standard InChI is InChI=1S/C23H24F3N3O3/c1-14(2)11-22(3,29-21(30)31)13-32-20-5-4-15(10-18(20)23(24,25)26)16-6-9-28-19-7-8-27-12-17(16)19/h4-10,12,14,29H,11,13H2,1-3H3,(H,30,31). The van der Waals surface area contributed by atoms with Crippen LogP contribution < -0.4 is 10.1 Å². The van der Waals surface area contributed by atoms with E-state index in [1.807, 2.05) is 13.8 Å². The number of benzene rings is 1. The van der Waals surface area contributed by atoms with Gasteiger partial charge in [-0.2, -0.15) is 13.2 Å². The molecule has 0 fully saturated rings. The van der Waals surface area contributed by atoms with Crippen LogP contribution in [0.4, 0.5) is 18.0 Å². The van der Waals surface area contributed by atoms with Gasteiger partial charge in [-0.05, 0) is 54.7 Å². The first kappa shape index (κ1) is 23.3. The molecule has 6 nitrogen and oxygen atoms in total. The van der Waals surface area contributed by atoms with Gasteiger partial charge < -0.3 is 15.2 Å². The van der Waals surface area contributed by atoms with Gasteiger partial charge in [0.25, 0.3) is 0 Å². The van der Waals surface area contributed by atoms with Crippen molar-refractivity contribution in [3.8, 4) is 16.9 Å². The van der Waals surface area contributed by atoms with Crippen LogP contribution in [-0.4, -0.2) is 33.3 Å². The second kappa shape index (κ2) is 9.02. The Labute approximate surface area is 183 Å². The monoisotopic (exact) mass is 447 g/mol. The quantitative estimate of drug-likeness (QED) is 0.481. The number of hydrogen-bond acceptors (Lipinski definition) is 4. The molecule has 0 aliphatic rings. The Hall–Kier alpha value is -3.36. The summed E-state index contributed by atoms with van der Waals surface area (Å²) in [6, 6.07) is 7.15. The van der Waals surface area contributed by atoms with Gasteiger partial charge in [0.05, 0.1) is 16.6 Å². The van der Waals surface area contributed by atoms with Gasteiger partial charge in [0, 0.05) is 24.0 Å². The number of carbonyl (C=O) groups is 1. The first-order valence-corrected chi connectivity index (χ1v) is 10.0. The summed E-state index contributed by atoms with van der Waals surface area (Å²) in [7, 11) is 0. The Balaban J connectivity index is 1.98. The lowest BCUT2D eigenvalue weighted by Gasteiger charge is -2.31. The molecule has 1 aromatic carbocycles. The van der Waals surface area contributed by atoms with Crippen molar-refractivity contribution in [1.29, 1.82) is 0 Å². The minimum Gasteiger partial charge on any atom is -0.491 e. The van der Waals surface area contributed by atoms with Crippen molar-refractivity contribution in [3.63, 3.8) is 0 Å². The van der Waals surface area contributed by atoms with Crippen molar-refractivity contribution in [2.24, 2.45) is 5.92 Å². The lowest BCUT2D eigenvalue weighted by atomic mass is 9.91. The highest BCUT2D eigenvalue weighted by Crippen LogP contribution is 2.40. The fraction of sp³-hybridized carbons (Fsp3) is 0.348. The Morgan fingerprint density at radius 1 is 1.19 bits per heavy atom. The van der Waals surface area contributed by atoms with E-state index in [-0.39, 0.29) is 18.3 Å². The van der Waals surface area contributed by atoms with Crippen LogP contribution in [0.25, 0.3) is 22.0 Å². The Kier molecular flexibility index (Phi) is 6.57. The number of aromatic nitrogens is 2.